The molecule has 4 nitrogen and oxygen atoms in total. The zero-order chi connectivity index (χ0) is 14.3. The average molecular weight is 285 g/mol. The van der Waals surface area contributed by atoms with Crippen LogP contribution < -0.4 is 5.73 Å². The summed E-state index contributed by atoms with van der Waals surface area (Å²) in [5, 5.41) is 0. The molecule has 20 heavy (non-hydrogen) atoms. The summed E-state index contributed by atoms with van der Waals surface area (Å²) in [6, 6.07) is 7.33. The summed E-state index contributed by atoms with van der Waals surface area (Å²) in [6.45, 7) is 1.83. The molecule has 0 fully saturated rings. The van der Waals surface area contributed by atoms with Crippen LogP contribution in [0.15, 0.2) is 34.2 Å². The predicted octanol–water partition coefficient (Wildman–Crippen LogP) is 2.19. The molecule has 0 saturated carbocycles. The van der Waals surface area contributed by atoms with Crippen molar-refractivity contribution in [1.82, 2.24) is 4.90 Å². The van der Waals surface area contributed by atoms with E-state index in [9.17, 15) is 4.79 Å². The van der Waals surface area contributed by atoms with Crippen molar-refractivity contribution < 1.29 is 4.79 Å². The summed E-state index contributed by atoms with van der Waals surface area (Å²) in [6.07, 6.45) is 6.27. The number of aliphatic imine (C=N–C) groups is 1. The van der Waals surface area contributed by atoms with Crippen molar-refractivity contribution in [3.63, 3.8) is 0 Å². The Bertz CT molecular complexity index is 649. The van der Waals surface area contributed by atoms with Crippen molar-refractivity contribution in [3.05, 3.63) is 29.8 Å². The Morgan fingerprint density at radius 1 is 1.55 bits per heavy atom. The number of nitrogens with two attached hydrogens (primary N) is 1. The van der Waals surface area contributed by atoms with Crippen LogP contribution in [-0.4, -0.2) is 28.6 Å². The van der Waals surface area contributed by atoms with Gasteiger partial charge in [-0.25, -0.2) is 4.79 Å². The van der Waals surface area contributed by atoms with Crippen LogP contribution in [0.4, 0.5) is 4.79 Å². The fourth-order valence-electron chi connectivity index (χ4n) is 3.00. The molecule has 2 unspecified atom stereocenters. The third-order valence-electron chi connectivity index (χ3n) is 3.94. The maximum absolute atomic E-state index is 12.2. The summed E-state index contributed by atoms with van der Waals surface area (Å²) >= 11 is 1.77. The Labute approximate surface area is 122 Å². The molecule has 0 aliphatic carbocycles. The van der Waals surface area contributed by atoms with Crippen molar-refractivity contribution in [1.29, 1.82) is 0 Å². The number of carbonyl (C=O) groups is 1. The van der Waals surface area contributed by atoms with Crippen LogP contribution in [0.3, 0.4) is 0 Å². The summed E-state index contributed by atoms with van der Waals surface area (Å²) in [5.41, 5.74) is 6.50. The molecular formula is C15H15N3OS. The van der Waals surface area contributed by atoms with E-state index < -0.39 is 5.54 Å². The number of amides is 2. The number of rotatable bonds is 1. The zero-order valence-electron chi connectivity index (χ0n) is 11.2. The normalized spacial score (nSPS) is 26.1. The van der Waals surface area contributed by atoms with Gasteiger partial charge < -0.3 is 5.73 Å². The topological polar surface area (TPSA) is 58.7 Å². The van der Waals surface area contributed by atoms with Crippen molar-refractivity contribution in [3.8, 4) is 12.3 Å². The van der Waals surface area contributed by atoms with E-state index in [1.165, 1.54) is 0 Å². The standard InChI is InChI=1S/C15H15N3OS/c1-3-10(2)18-14(19)17-13(16)15(18)8-9-20-12-7-5-4-6-11(12)15/h1,4-7,10H,8-9H2,2H3,(H2,16,17,19). The lowest BCUT2D eigenvalue weighted by Crippen LogP contribution is -2.56. The predicted molar refractivity (Wildman–Crippen MR) is 80.6 cm³/mol. The van der Waals surface area contributed by atoms with Crippen LogP contribution in [0, 0.1) is 12.3 Å². The smallest absolute Gasteiger partial charge is 0.347 e. The minimum absolute atomic E-state index is 0.338. The van der Waals surface area contributed by atoms with Gasteiger partial charge >= 0.3 is 6.03 Å². The first kappa shape index (κ1) is 13.1. The van der Waals surface area contributed by atoms with Crippen LogP contribution in [0.25, 0.3) is 0 Å². The molecule has 0 bridgehead atoms. The molecule has 2 aliphatic rings. The first-order valence-corrected chi connectivity index (χ1v) is 7.46. The molecule has 3 rings (SSSR count). The number of benzene rings is 1. The van der Waals surface area contributed by atoms with Crippen LogP contribution >= 0.6 is 11.8 Å². The summed E-state index contributed by atoms with van der Waals surface area (Å²) < 4.78 is 0. The van der Waals surface area contributed by atoms with Gasteiger partial charge in [0.1, 0.15) is 11.4 Å². The maximum atomic E-state index is 12.2. The number of terminal acetylenes is 1. The Morgan fingerprint density at radius 3 is 3.05 bits per heavy atom. The van der Waals surface area contributed by atoms with Crippen LogP contribution in [-0.2, 0) is 5.54 Å². The van der Waals surface area contributed by atoms with Gasteiger partial charge in [0, 0.05) is 10.6 Å². The quantitative estimate of drug-likeness (QED) is 0.805. The van der Waals surface area contributed by atoms with E-state index in [4.69, 9.17) is 12.2 Å². The molecule has 102 valence electrons. The number of urea groups is 1. The highest BCUT2D eigenvalue weighted by Crippen LogP contribution is 2.47. The third kappa shape index (κ3) is 1.58. The SMILES string of the molecule is C#CC(C)N1C(=O)N=C(N)C12CCSc1ccccc12. The summed E-state index contributed by atoms with van der Waals surface area (Å²) in [7, 11) is 0. The third-order valence-corrected chi connectivity index (χ3v) is 5.01. The average Bonchev–Trinajstić information content (AvgIpc) is 2.70. The highest BCUT2D eigenvalue weighted by Gasteiger charge is 2.53. The molecule has 0 aromatic heterocycles. The van der Waals surface area contributed by atoms with Gasteiger partial charge in [-0.3, -0.25) is 4.90 Å². The fraction of sp³-hybridized carbons (Fsp3) is 0.333. The Balaban J connectivity index is 2.23. The number of carbonyl (C=O) groups excluding carboxylic acids is 1. The molecular weight excluding hydrogens is 270 g/mol. The van der Waals surface area contributed by atoms with Gasteiger partial charge in [0.05, 0.1) is 6.04 Å². The van der Waals surface area contributed by atoms with Gasteiger partial charge in [-0.15, -0.1) is 18.2 Å². The number of hydrogen-bond donors (Lipinski definition) is 1. The summed E-state index contributed by atoms with van der Waals surface area (Å²) in [5.74, 6) is 3.87. The summed E-state index contributed by atoms with van der Waals surface area (Å²) in [4.78, 5) is 19.0. The van der Waals surface area contributed by atoms with Gasteiger partial charge in [0.15, 0.2) is 0 Å². The Kier molecular flexibility index (Phi) is 2.98. The lowest BCUT2D eigenvalue weighted by molar-refractivity contribution is 0.153. The highest BCUT2D eigenvalue weighted by atomic mass is 32.2. The van der Waals surface area contributed by atoms with Crippen molar-refractivity contribution in [2.45, 2.75) is 29.8 Å². The largest absolute Gasteiger partial charge is 0.385 e. The molecule has 0 saturated heterocycles. The monoisotopic (exact) mass is 285 g/mol. The molecule has 1 aromatic rings. The van der Waals surface area contributed by atoms with Crippen molar-refractivity contribution in [2.75, 3.05) is 5.75 Å². The molecule has 2 N–H and O–H groups in total. The first-order valence-electron chi connectivity index (χ1n) is 6.47. The number of nitrogens with zero attached hydrogens (tertiary/aromatic N) is 2. The number of amidine groups is 1. The molecule has 2 atom stereocenters. The van der Waals surface area contributed by atoms with Crippen molar-refractivity contribution in [2.24, 2.45) is 10.7 Å². The van der Waals surface area contributed by atoms with Gasteiger partial charge in [0.2, 0.25) is 0 Å². The first-order chi connectivity index (χ1) is 9.61. The Morgan fingerprint density at radius 2 is 2.30 bits per heavy atom. The lowest BCUT2D eigenvalue weighted by Gasteiger charge is -2.43. The van der Waals surface area contributed by atoms with Crippen LogP contribution in [0.1, 0.15) is 18.9 Å². The van der Waals surface area contributed by atoms with E-state index in [1.807, 2.05) is 25.1 Å². The molecule has 5 heteroatoms. The minimum atomic E-state index is -0.676. The molecule has 2 aliphatic heterocycles. The lowest BCUT2D eigenvalue weighted by atomic mass is 9.83. The second-order valence-corrected chi connectivity index (χ2v) is 6.08. The van der Waals surface area contributed by atoms with E-state index in [0.29, 0.717) is 5.84 Å². The maximum Gasteiger partial charge on any atom is 0.347 e. The van der Waals surface area contributed by atoms with Crippen molar-refractivity contribution >= 4 is 23.6 Å². The molecule has 2 amide bonds. The van der Waals surface area contributed by atoms with E-state index in [1.54, 1.807) is 16.7 Å². The minimum Gasteiger partial charge on any atom is -0.385 e. The van der Waals surface area contributed by atoms with Crippen LogP contribution in [0.5, 0.6) is 0 Å². The van der Waals surface area contributed by atoms with E-state index in [2.05, 4.69) is 17.0 Å². The van der Waals surface area contributed by atoms with E-state index in [0.717, 1.165) is 22.6 Å². The van der Waals surface area contributed by atoms with Gasteiger partial charge in [-0.1, -0.05) is 24.1 Å². The van der Waals surface area contributed by atoms with Gasteiger partial charge in [-0.2, -0.15) is 4.99 Å². The molecule has 0 radical (unpaired) electrons. The fourth-order valence-corrected chi connectivity index (χ4v) is 4.19. The number of thioether (sulfide) groups is 1. The number of fused-ring (bicyclic) bond motifs is 2. The molecule has 1 aromatic carbocycles. The van der Waals surface area contributed by atoms with E-state index in [-0.39, 0.29) is 12.1 Å². The van der Waals surface area contributed by atoms with Crippen LogP contribution in [0.2, 0.25) is 0 Å². The second kappa shape index (κ2) is 4.57. The molecule has 1 spiro atoms. The molecule has 2 heterocycles. The zero-order valence-corrected chi connectivity index (χ0v) is 12.0. The highest BCUT2D eigenvalue weighted by molar-refractivity contribution is 7.99. The second-order valence-electron chi connectivity index (χ2n) is 4.95. The Hall–Kier alpha value is -1.93. The number of hydrogen-bond acceptors (Lipinski definition) is 3. The van der Waals surface area contributed by atoms with Gasteiger partial charge in [0.25, 0.3) is 0 Å². The van der Waals surface area contributed by atoms with Gasteiger partial charge in [-0.05, 0) is 25.0 Å². The van der Waals surface area contributed by atoms with E-state index >= 15 is 0 Å².